The molecule has 0 bridgehead atoms. The molecule has 0 amide bonds. The molecule has 7 heteroatoms. The highest BCUT2D eigenvalue weighted by molar-refractivity contribution is 7.99. The summed E-state index contributed by atoms with van der Waals surface area (Å²) in [5, 5.41) is 4.21. The Morgan fingerprint density at radius 1 is 0.838 bits per heavy atom. The van der Waals surface area contributed by atoms with Crippen LogP contribution in [0.3, 0.4) is 0 Å². The Hall–Kier alpha value is -2.38. The molecule has 5 nitrogen and oxygen atoms in total. The van der Waals surface area contributed by atoms with E-state index in [2.05, 4.69) is 94.5 Å². The van der Waals surface area contributed by atoms with Gasteiger partial charge in [0.25, 0.3) is 0 Å². The van der Waals surface area contributed by atoms with Gasteiger partial charge in [-0.05, 0) is 81.4 Å². The third-order valence-electron chi connectivity index (χ3n) is 6.89. The summed E-state index contributed by atoms with van der Waals surface area (Å²) in [6, 6.07) is 23.6. The topological polar surface area (TPSA) is 31.0 Å². The highest BCUT2D eigenvalue weighted by Gasteiger charge is 2.24. The van der Waals surface area contributed by atoms with Crippen LogP contribution in [0.15, 0.2) is 76.5 Å². The Morgan fingerprint density at radius 3 is 2.30 bits per heavy atom. The maximum Gasteiger partial charge on any atom is 0.119 e. The lowest BCUT2D eigenvalue weighted by Crippen LogP contribution is -2.47. The number of anilines is 3. The van der Waals surface area contributed by atoms with Gasteiger partial charge < -0.3 is 19.9 Å². The number of rotatable bonds is 10. The Kier molecular flexibility index (Phi) is 8.82. The molecule has 1 saturated heterocycles. The molecule has 3 aromatic rings. The average Bonchev–Trinajstić information content (AvgIpc) is 2.90. The van der Waals surface area contributed by atoms with Crippen molar-refractivity contribution in [2.45, 2.75) is 36.1 Å². The monoisotopic (exact) mass is 536 g/mol. The number of benzene rings is 3. The molecule has 1 N–H and O–H groups in total. The summed E-state index contributed by atoms with van der Waals surface area (Å²) in [6.45, 7) is 12.5. The van der Waals surface area contributed by atoms with Crippen molar-refractivity contribution >= 4 is 40.4 Å². The van der Waals surface area contributed by atoms with Gasteiger partial charge in [0, 0.05) is 65.8 Å². The molecular formula is C30H37ClN4OS. The van der Waals surface area contributed by atoms with Gasteiger partial charge in [0.1, 0.15) is 12.4 Å². The summed E-state index contributed by atoms with van der Waals surface area (Å²) < 4.78 is 5.99. The number of halogens is 1. The van der Waals surface area contributed by atoms with E-state index in [9.17, 15) is 0 Å². The zero-order valence-corrected chi connectivity index (χ0v) is 23.4. The van der Waals surface area contributed by atoms with Gasteiger partial charge in [0.2, 0.25) is 0 Å². The van der Waals surface area contributed by atoms with Crippen LogP contribution < -0.4 is 15.0 Å². The molecule has 3 aromatic carbocycles. The van der Waals surface area contributed by atoms with E-state index in [0.29, 0.717) is 6.04 Å². The third-order valence-corrected chi connectivity index (χ3v) is 8.26. The van der Waals surface area contributed by atoms with Crippen molar-refractivity contribution in [3.63, 3.8) is 0 Å². The predicted octanol–water partition coefficient (Wildman–Crippen LogP) is 6.85. The Bertz CT molecular complexity index is 1160. The van der Waals surface area contributed by atoms with Gasteiger partial charge >= 0.3 is 0 Å². The van der Waals surface area contributed by atoms with Crippen molar-refractivity contribution in [1.29, 1.82) is 0 Å². The van der Waals surface area contributed by atoms with Gasteiger partial charge in [-0.1, -0.05) is 35.5 Å². The lowest BCUT2D eigenvalue weighted by molar-refractivity contribution is 0.116. The van der Waals surface area contributed by atoms with Crippen LogP contribution in [0.2, 0.25) is 5.02 Å². The van der Waals surface area contributed by atoms with Crippen LogP contribution in [-0.4, -0.2) is 68.3 Å². The second-order valence-corrected chi connectivity index (χ2v) is 11.6. The van der Waals surface area contributed by atoms with Crippen LogP contribution in [0.1, 0.15) is 20.3 Å². The van der Waals surface area contributed by atoms with E-state index in [1.54, 1.807) is 0 Å². The van der Waals surface area contributed by atoms with Crippen LogP contribution in [-0.2, 0) is 0 Å². The highest BCUT2D eigenvalue weighted by Crippen LogP contribution is 2.48. The van der Waals surface area contributed by atoms with Gasteiger partial charge in [0.15, 0.2) is 0 Å². The number of para-hydroxylation sites is 1. The number of nitrogens with one attached hydrogen (secondary N) is 1. The molecule has 5 rings (SSSR count). The van der Waals surface area contributed by atoms with Crippen molar-refractivity contribution < 1.29 is 4.74 Å². The molecule has 0 unspecified atom stereocenters. The van der Waals surface area contributed by atoms with Crippen LogP contribution >= 0.6 is 23.4 Å². The van der Waals surface area contributed by atoms with Crippen molar-refractivity contribution in [1.82, 2.24) is 9.80 Å². The SMILES string of the molecule is CC(C)Nc1ccc(OCCN2CCN(CCCN3c4ccccc4Sc4ccc(Cl)cc43)CC2)cc1. The molecule has 2 heterocycles. The van der Waals surface area contributed by atoms with E-state index in [-0.39, 0.29) is 0 Å². The van der Waals surface area contributed by atoms with Crippen molar-refractivity contribution in [3.05, 3.63) is 71.8 Å². The molecule has 0 spiro atoms. The molecule has 196 valence electrons. The van der Waals surface area contributed by atoms with Crippen LogP contribution in [0.25, 0.3) is 0 Å². The fraction of sp³-hybridized carbons (Fsp3) is 0.400. The fourth-order valence-corrected chi connectivity index (χ4v) is 6.25. The smallest absolute Gasteiger partial charge is 0.119 e. The summed E-state index contributed by atoms with van der Waals surface area (Å²) in [4.78, 5) is 10.2. The first-order valence-electron chi connectivity index (χ1n) is 13.3. The van der Waals surface area contributed by atoms with Gasteiger partial charge in [-0.25, -0.2) is 0 Å². The Balaban J connectivity index is 1.05. The number of hydrogen-bond acceptors (Lipinski definition) is 6. The zero-order valence-electron chi connectivity index (χ0n) is 21.8. The standard InChI is InChI=1S/C30H37ClN4OS/c1-23(2)32-25-9-11-26(12-10-25)36-21-20-34-18-16-33(17-19-34)14-5-15-35-27-6-3-4-7-29(27)37-30-13-8-24(31)22-28(30)35/h3-4,6-13,22-23,32H,5,14-21H2,1-2H3. The summed E-state index contributed by atoms with van der Waals surface area (Å²) in [6.07, 6.45) is 1.12. The third kappa shape index (κ3) is 6.94. The van der Waals surface area contributed by atoms with Gasteiger partial charge in [-0.3, -0.25) is 4.90 Å². The first-order chi connectivity index (χ1) is 18.0. The lowest BCUT2D eigenvalue weighted by atomic mass is 10.2. The second-order valence-electron chi connectivity index (χ2n) is 10.0. The normalized spacial score (nSPS) is 15.9. The predicted molar refractivity (Wildman–Crippen MR) is 157 cm³/mol. The summed E-state index contributed by atoms with van der Waals surface area (Å²) in [5.74, 6) is 0.938. The summed E-state index contributed by atoms with van der Waals surface area (Å²) >= 11 is 8.21. The number of ether oxygens (including phenoxy) is 1. The quantitative estimate of drug-likeness (QED) is 0.305. The van der Waals surface area contributed by atoms with Crippen molar-refractivity contribution in [2.24, 2.45) is 0 Å². The van der Waals surface area contributed by atoms with E-state index in [4.69, 9.17) is 16.3 Å². The van der Waals surface area contributed by atoms with Gasteiger partial charge in [-0.2, -0.15) is 0 Å². The first-order valence-corrected chi connectivity index (χ1v) is 14.5. The number of nitrogens with zero attached hydrogens (tertiary/aromatic N) is 3. The molecule has 0 radical (unpaired) electrons. The van der Waals surface area contributed by atoms with E-state index < -0.39 is 0 Å². The minimum Gasteiger partial charge on any atom is -0.492 e. The minimum absolute atomic E-state index is 0.432. The first kappa shape index (κ1) is 26.2. The van der Waals surface area contributed by atoms with E-state index >= 15 is 0 Å². The number of fused-ring (bicyclic) bond motifs is 2. The molecule has 0 aliphatic carbocycles. The molecule has 1 fully saturated rings. The molecule has 0 atom stereocenters. The number of hydrogen-bond donors (Lipinski definition) is 1. The Labute approximate surface area is 230 Å². The molecule has 2 aliphatic heterocycles. The molecule has 0 saturated carbocycles. The average molecular weight is 537 g/mol. The number of piperazine rings is 1. The summed E-state index contributed by atoms with van der Waals surface area (Å²) in [7, 11) is 0. The highest BCUT2D eigenvalue weighted by atomic mass is 35.5. The maximum atomic E-state index is 6.37. The van der Waals surface area contributed by atoms with Gasteiger partial charge in [0.05, 0.1) is 11.4 Å². The van der Waals surface area contributed by atoms with Crippen molar-refractivity contribution in [3.8, 4) is 5.75 Å². The van der Waals surface area contributed by atoms with E-state index in [1.807, 2.05) is 17.8 Å². The molecule has 2 aliphatic rings. The van der Waals surface area contributed by atoms with E-state index in [1.165, 1.54) is 21.2 Å². The van der Waals surface area contributed by atoms with E-state index in [0.717, 1.165) is 75.3 Å². The van der Waals surface area contributed by atoms with Crippen LogP contribution in [0.4, 0.5) is 17.1 Å². The molecular weight excluding hydrogens is 500 g/mol. The fourth-order valence-electron chi connectivity index (χ4n) is 5.01. The molecule has 0 aromatic heterocycles. The van der Waals surface area contributed by atoms with Crippen molar-refractivity contribution in [2.75, 3.05) is 62.6 Å². The van der Waals surface area contributed by atoms with Gasteiger partial charge in [-0.15, -0.1) is 0 Å². The minimum atomic E-state index is 0.432. The second kappa shape index (κ2) is 12.4. The molecule has 37 heavy (non-hydrogen) atoms. The van der Waals surface area contributed by atoms with Crippen LogP contribution in [0, 0.1) is 0 Å². The largest absolute Gasteiger partial charge is 0.492 e. The van der Waals surface area contributed by atoms with Crippen LogP contribution in [0.5, 0.6) is 5.75 Å². The zero-order chi connectivity index (χ0) is 25.6. The maximum absolute atomic E-state index is 6.37. The summed E-state index contributed by atoms with van der Waals surface area (Å²) in [5.41, 5.74) is 3.65. The lowest BCUT2D eigenvalue weighted by Gasteiger charge is -2.36. The Morgan fingerprint density at radius 2 is 1.54 bits per heavy atom.